The van der Waals surface area contributed by atoms with E-state index in [1.165, 1.54) is 0 Å². The Balaban J connectivity index is 2.79. The van der Waals surface area contributed by atoms with E-state index < -0.39 is 0 Å². The molecule has 0 saturated heterocycles. The number of amides is 1. The third-order valence-corrected chi connectivity index (χ3v) is 3.04. The van der Waals surface area contributed by atoms with Gasteiger partial charge in [0.05, 0.1) is 12.1 Å². The minimum atomic E-state index is 0.0298. The Morgan fingerprint density at radius 3 is 2.58 bits per heavy atom. The molecule has 0 saturated carbocycles. The maximum atomic E-state index is 11.9. The number of carbonyl (C=O) groups excluding carboxylic acids is 1. The Hall–Kier alpha value is -1.69. The normalized spacial score (nSPS) is 10.1. The van der Waals surface area contributed by atoms with E-state index in [-0.39, 0.29) is 17.4 Å². The largest absolute Gasteiger partial charge is 0.389 e. The molecule has 0 bridgehead atoms. The monoisotopic (exact) mass is 280 g/mol. The second-order valence-electron chi connectivity index (χ2n) is 4.13. The maximum Gasteiger partial charge on any atom is 0.241 e. The molecule has 0 aliphatic rings. The molecule has 0 fully saturated rings. The lowest BCUT2D eigenvalue weighted by molar-refractivity contribution is -0.128. The number of nitrogens with two attached hydrogens (primary N) is 1. The summed E-state index contributed by atoms with van der Waals surface area (Å²) in [7, 11) is 0. The van der Waals surface area contributed by atoms with Crippen molar-refractivity contribution >= 4 is 28.9 Å². The van der Waals surface area contributed by atoms with Gasteiger partial charge in [-0.3, -0.25) is 4.79 Å². The fourth-order valence-corrected chi connectivity index (χ4v) is 1.90. The molecule has 3 N–H and O–H groups in total. The molecule has 0 aliphatic heterocycles. The number of anilines is 1. The first-order valence-corrected chi connectivity index (χ1v) is 6.69. The molecule has 19 heavy (non-hydrogen) atoms. The van der Waals surface area contributed by atoms with Gasteiger partial charge in [0.25, 0.3) is 0 Å². The van der Waals surface area contributed by atoms with Crippen molar-refractivity contribution in [1.82, 2.24) is 9.88 Å². The van der Waals surface area contributed by atoms with Crippen molar-refractivity contribution in [3.05, 3.63) is 23.4 Å². The highest BCUT2D eigenvalue weighted by Gasteiger charge is 2.12. The zero-order valence-electron chi connectivity index (χ0n) is 11.6. The molecule has 104 valence electrons. The van der Waals surface area contributed by atoms with E-state index in [0.717, 1.165) is 5.69 Å². The standard InChI is InChI=1S/C13H20N4OS/c1-4-17(5-2)11(18)8-15-13-10(12(14)19)7-6-9(3)16-13/h6-7H,4-5,8H2,1-3H3,(H2,14,19)(H,15,16). The van der Waals surface area contributed by atoms with Crippen molar-refractivity contribution in [3.8, 4) is 0 Å². The minimum absolute atomic E-state index is 0.0298. The number of hydrogen-bond donors (Lipinski definition) is 2. The topological polar surface area (TPSA) is 71.2 Å². The summed E-state index contributed by atoms with van der Waals surface area (Å²) in [6.45, 7) is 7.36. The molecule has 6 heteroatoms. The molecular weight excluding hydrogens is 260 g/mol. The van der Waals surface area contributed by atoms with Gasteiger partial charge < -0.3 is 16.0 Å². The molecule has 1 rings (SSSR count). The van der Waals surface area contributed by atoms with Gasteiger partial charge in [-0.15, -0.1) is 0 Å². The summed E-state index contributed by atoms with van der Waals surface area (Å²) in [5, 5.41) is 3.01. The average molecular weight is 280 g/mol. The summed E-state index contributed by atoms with van der Waals surface area (Å²) in [4.78, 5) is 18.3. The van der Waals surface area contributed by atoms with Crippen molar-refractivity contribution in [2.45, 2.75) is 20.8 Å². The summed E-state index contributed by atoms with van der Waals surface area (Å²) in [6, 6.07) is 3.65. The van der Waals surface area contributed by atoms with Crippen molar-refractivity contribution < 1.29 is 4.79 Å². The second kappa shape index (κ2) is 7.04. The molecule has 1 aromatic rings. The maximum absolute atomic E-state index is 11.9. The van der Waals surface area contributed by atoms with Crippen molar-refractivity contribution in [1.29, 1.82) is 0 Å². The number of pyridine rings is 1. The van der Waals surface area contributed by atoms with Crippen LogP contribution in [0.3, 0.4) is 0 Å². The summed E-state index contributed by atoms with van der Waals surface area (Å²) >= 11 is 4.97. The van der Waals surface area contributed by atoms with Gasteiger partial charge in [0.2, 0.25) is 5.91 Å². The Labute approximate surface area is 119 Å². The van der Waals surface area contributed by atoms with Crippen LogP contribution in [0.25, 0.3) is 0 Å². The highest BCUT2D eigenvalue weighted by atomic mass is 32.1. The number of hydrogen-bond acceptors (Lipinski definition) is 4. The van der Waals surface area contributed by atoms with E-state index in [1.807, 2.05) is 32.9 Å². The summed E-state index contributed by atoms with van der Waals surface area (Å²) in [5.41, 5.74) is 7.14. The third kappa shape index (κ3) is 4.17. The van der Waals surface area contributed by atoms with Crippen LogP contribution in [0.1, 0.15) is 25.1 Å². The Bertz CT molecular complexity index is 472. The number of nitrogens with one attached hydrogen (secondary N) is 1. The molecule has 5 nitrogen and oxygen atoms in total. The van der Waals surface area contributed by atoms with E-state index in [9.17, 15) is 4.79 Å². The molecule has 1 amide bonds. The number of likely N-dealkylation sites (N-methyl/N-ethyl adjacent to an activating group) is 1. The fraction of sp³-hybridized carbons (Fsp3) is 0.462. The fourth-order valence-electron chi connectivity index (χ4n) is 1.74. The van der Waals surface area contributed by atoms with Crippen molar-refractivity contribution in [2.75, 3.05) is 25.0 Å². The number of aromatic nitrogens is 1. The van der Waals surface area contributed by atoms with Gasteiger partial charge in [-0.05, 0) is 32.9 Å². The highest BCUT2D eigenvalue weighted by molar-refractivity contribution is 7.80. The lowest BCUT2D eigenvalue weighted by atomic mass is 10.2. The zero-order valence-corrected chi connectivity index (χ0v) is 12.4. The van der Waals surface area contributed by atoms with Gasteiger partial charge in [0.15, 0.2) is 0 Å². The number of thiocarbonyl (C=S) groups is 1. The van der Waals surface area contributed by atoms with Crippen LogP contribution in [-0.2, 0) is 4.79 Å². The average Bonchev–Trinajstić information content (AvgIpc) is 2.37. The lowest BCUT2D eigenvalue weighted by Gasteiger charge is -2.19. The summed E-state index contributed by atoms with van der Waals surface area (Å²) < 4.78 is 0. The quantitative estimate of drug-likeness (QED) is 0.769. The number of rotatable bonds is 6. The molecule has 1 aromatic heterocycles. The predicted octanol–water partition coefficient (Wildman–Crippen LogP) is 1.30. The van der Waals surface area contributed by atoms with E-state index in [1.54, 1.807) is 4.90 Å². The Morgan fingerprint density at radius 2 is 2.05 bits per heavy atom. The highest BCUT2D eigenvalue weighted by Crippen LogP contribution is 2.13. The third-order valence-electron chi connectivity index (χ3n) is 2.82. The van der Waals surface area contributed by atoms with Crippen LogP contribution in [0, 0.1) is 6.92 Å². The molecule has 0 aromatic carbocycles. The molecule has 0 atom stereocenters. The van der Waals surface area contributed by atoms with E-state index in [4.69, 9.17) is 18.0 Å². The van der Waals surface area contributed by atoms with Gasteiger partial charge >= 0.3 is 0 Å². The zero-order chi connectivity index (χ0) is 14.4. The number of aryl methyl sites for hydroxylation is 1. The molecule has 1 heterocycles. The first-order chi connectivity index (χ1) is 8.99. The van der Waals surface area contributed by atoms with E-state index in [2.05, 4.69) is 10.3 Å². The van der Waals surface area contributed by atoms with Gasteiger partial charge in [0, 0.05) is 18.8 Å². The van der Waals surface area contributed by atoms with Crippen LogP contribution >= 0.6 is 12.2 Å². The van der Waals surface area contributed by atoms with E-state index in [0.29, 0.717) is 24.5 Å². The van der Waals surface area contributed by atoms with Crippen molar-refractivity contribution in [3.63, 3.8) is 0 Å². The Kier molecular flexibility index (Phi) is 5.69. The first-order valence-electron chi connectivity index (χ1n) is 6.28. The van der Waals surface area contributed by atoms with Gasteiger partial charge in [-0.1, -0.05) is 12.2 Å². The van der Waals surface area contributed by atoms with Crippen LogP contribution in [0.4, 0.5) is 5.82 Å². The van der Waals surface area contributed by atoms with E-state index >= 15 is 0 Å². The summed E-state index contributed by atoms with van der Waals surface area (Å²) in [5.74, 6) is 0.593. The van der Waals surface area contributed by atoms with Gasteiger partial charge in [-0.2, -0.15) is 0 Å². The Morgan fingerprint density at radius 1 is 1.42 bits per heavy atom. The predicted molar refractivity (Wildman–Crippen MR) is 81.3 cm³/mol. The molecular formula is C13H20N4OS. The molecule has 0 radical (unpaired) electrons. The number of nitrogens with zero attached hydrogens (tertiary/aromatic N) is 2. The smallest absolute Gasteiger partial charge is 0.241 e. The number of carbonyl (C=O) groups is 1. The van der Waals surface area contributed by atoms with Crippen molar-refractivity contribution in [2.24, 2.45) is 5.73 Å². The SMILES string of the molecule is CCN(CC)C(=O)CNc1nc(C)ccc1C(N)=S. The van der Waals surface area contributed by atoms with Crippen LogP contribution in [0.5, 0.6) is 0 Å². The van der Waals surface area contributed by atoms with Crippen LogP contribution in [0.2, 0.25) is 0 Å². The van der Waals surface area contributed by atoms with Crippen LogP contribution < -0.4 is 11.1 Å². The van der Waals surface area contributed by atoms with Gasteiger partial charge in [0.1, 0.15) is 10.8 Å². The lowest BCUT2D eigenvalue weighted by Crippen LogP contribution is -2.35. The molecule has 0 spiro atoms. The summed E-state index contributed by atoms with van der Waals surface area (Å²) in [6.07, 6.45) is 0. The molecule has 0 aliphatic carbocycles. The first kappa shape index (κ1) is 15.4. The minimum Gasteiger partial charge on any atom is -0.389 e. The molecule has 0 unspecified atom stereocenters. The van der Waals surface area contributed by atoms with Crippen LogP contribution in [-0.4, -0.2) is 40.4 Å². The van der Waals surface area contributed by atoms with Gasteiger partial charge in [-0.25, -0.2) is 4.98 Å². The second-order valence-corrected chi connectivity index (χ2v) is 4.57. The van der Waals surface area contributed by atoms with Crippen LogP contribution in [0.15, 0.2) is 12.1 Å².